The van der Waals surface area contributed by atoms with Crippen LogP contribution in [-0.2, 0) is 0 Å². The highest BCUT2D eigenvalue weighted by molar-refractivity contribution is 6.00. The first-order chi connectivity index (χ1) is 8.22. The normalized spacial score (nSPS) is 10.0. The van der Waals surface area contributed by atoms with Gasteiger partial charge in [0.2, 0.25) is 0 Å². The van der Waals surface area contributed by atoms with Gasteiger partial charge in [0, 0.05) is 5.56 Å². The average molecular weight is 226 g/mol. The molecule has 0 radical (unpaired) electrons. The van der Waals surface area contributed by atoms with Crippen LogP contribution in [0.5, 0.6) is 0 Å². The van der Waals surface area contributed by atoms with Gasteiger partial charge < -0.3 is 0 Å². The number of nitrogens with one attached hydrogen (secondary N) is 1. The summed E-state index contributed by atoms with van der Waals surface area (Å²) in [5.41, 5.74) is 5.83. The van der Waals surface area contributed by atoms with Crippen LogP contribution in [0.2, 0.25) is 0 Å². The number of nitrogen functional groups attached to an aromatic ring is 1. The monoisotopic (exact) mass is 226 g/mol. The predicted molar refractivity (Wildman–Crippen MR) is 68.3 cm³/mol. The van der Waals surface area contributed by atoms with Crippen molar-refractivity contribution in [3.05, 3.63) is 59.7 Å². The number of hydrogen-bond donors (Lipinski definition) is 2. The molecule has 2 aromatic rings. The standard InChI is InChI=1S/C14H14N2O/c1-10-6-8-11(9-7-10)12-4-2-3-5-13(12)14(17)16-15/h2-9H,15H2,1H3,(H,16,17). The maximum absolute atomic E-state index is 11.6. The van der Waals surface area contributed by atoms with Crippen LogP contribution in [0, 0.1) is 6.92 Å². The largest absolute Gasteiger partial charge is 0.290 e. The van der Waals surface area contributed by atoms with E-state index in [2.05, 4.69) is 5.43 Å². The van der Waals surface area contributed by atoms with Gasteiger partial charge in [-0.25, -0.2) is 5.84 Å². The van der Waals surface area contributed by atoms with Crippen LogP contribution in [0.3, 0.4) is 0 Å². The topological polar surface area (TPSA) is 55.1 Å². The van der Waals surface area contributed by atoms with Crippen molar-refractivity contribution in [3.8, 4) is 11.1 Å². The maximum atomic E-state index is 11.6. The van der Waals surface area contributed by atoms with Gasteiger partial charge in [-0.1, -0.05) is 48.0 Å². The summed E-state index contributed by atoms with van der Waals surface area (Å²) in [4.78, 5) is 11.6. The number of amides is 1. The molecule has 1 amide bonds. The third kappa shape index (κ3) is 2.34. The molecule has 2 rings (SSSR count). The Hall–Kier alpha value is -2.13. The molecule has 0 bridgehead atoms. The molecule has 2 aromatic carbocycles. The first-order valence-corrected chi connectivity index (χ1v) is 5.39. The number of nitrogens with two attached hydrogens (primary N) is 1. The van der Waals surface area contributed by atoms with Gasteiger partial charge in [-0.05, 0) is 24.1 Å². The van der Waals surface area contributed by atoms with Crippen molar-refractivity contribution in [1.29, 1.82) is 0 Å². The molecule has 0 saturated heterocycles. The summed E-state index contributed by atoms with van der Waals surface area (Å²) in [6, 6.07) is 15.4. The van der Waals surface area contributed by atoms with Gasteiger partial charge in [0.05, 0.1) is 0 Å². The van der Waals surface area contributed by atoms with Gasteiger partial charge in [0.1, 0.15) is 0 Å². The van der Waals surface area contributed by atoms with Crippen LogP contribution >= 0.6 is 0 Å². The summed E-state index contributed by atoms with van der Waals surface area (Å²) in [7, 11) is 0. The molecular weight excluding hydrogens is 212 g/mol. The number of hydrazine groups is 1. The lowest BCUT2D eigenvalue weighted by atomic mass is 9.98. The van der Waals surface area contributed by atoms with E-state index in [0.717, 1.165) is 11.1 Å². The lowest BCUT2D eigenvalue weighted by molar-refractivity contribution is 0.0954. The van der Waals surface area contributed by atoms with E-state index in [4.69, 9.17) is 5.84 Å². The fraction of sp³-hybridized carbons (Fsp3) is 0.0714. The van der Waals surface area contributed by atoms with Gasteiger partial charge in [-0.15, -0.1) is 0 Å². The number of carbonyl (C=O) groups excluding carboxylic acids is 1. The molecular formula is C14H14N2O. The minimum Gasteiger partial charge on any atom is -0.290 e. The van der Waals surface area contributed by atoms with Crippen molar-refractivity contribution in [2.45, 2.75) is 6.92 Å². The minimum absolute atomic E-state index is 0.277. The minimum atomic E-state index is -0.277. The zero-order chi connectivity index (χ0) is 12.3. The van der Waals surface area contributed by atoms with Gasteiger partial charge in [-0.2, -0.15) is 0 Å². The van der Waals surface area contributed by atoms with E-state index in [1.54, 1.807) is 6.07 Å². The van der Waals surface area contributed by atoms with Crippen molar-refractivity contribution in [1.82, 2.24) is 5.43 Å². The van der Waals surface area contributed by atoms with E-state index in [1.165, 1.54) is 5.56 Å². The fourth-order valence-corrected chi connectivity index (χ4v) is 1.74. The van der Waals surface area contributed by atoms with Crippen molar-refractivity contribution in [2.24, 2.45) is 5.84 Å². The number of carbonyl (C=O) groups is 1. The summed E-state index contributed by atoms with van der Waals surface area (Å²) in [6.07, 6.45) is 0. The highest BCUT2D eigenvalue weighted by atomic mass is 16.2. The van der Waals surface area contributed by atoms with Crippen LogP contribution in [-0.4, -0.2) is 5.91 Å². The molecule has 0 unspecified atom stereocenters. The van der Waals surface area contributed by atoms with Crippen molar-refractivity contribution < 1.29 is 4.79 Å². The van der Waals surface area contributed by atoms with Crippen molar-refractivity contribution >= 4 is 5.91 Å². The van der Waals surface area contributed by atoms with Crippen LogP contribution in [0.1, 0.15) is 15.9 Å². The first-order valence-electron chi connectivity index (χ1n) is 5.39. The zero-order valence-electron chi connectivity index (χ0n) is 9.60. The van der Waals surface area contributed by atoms with E-state index in [0.29, 0.717) is 5.56 Å². The van der Waals surface area contributed by atoms with E-state index in [1.807, 2.05) is 49.4 Å². The molecule has 0 fully saturated rings. The molecule has 3 N–H and O–H groups in total. The van der Waals surface area contributed by atoms with Gasteiger partial charge >= 0.3 is 0 Å². The molecule has 17 heavy (non-hydrogen) atoms. The Morgan fingerprint density at radius 1 is 1.06 bits per heavy atom. The average Bonchev–Trinajstić information content (AvgIpc) is 2.39. The molecule has 86 valence electrons. The molecule has 0 saturated carbocycles. The van der Waals surface area contributed by atoms with E-state index in [9.17, 15) is 4.79 Å². The second kappa shape index (κ2) is 4.80. The predicted octanol–water partition coefficient (Wildman–Crippen LogP) is 2.27. The van der Waals surface area contributed by atoms with Crippen LogP contribution in [0.25, 0.3) is 11.1 Å². The molecule has 0 heterocycles. The molecule has 0 spiro atoms. The van der Waals surface area contributed by atoms with Gasteiger partial charge in [0.15, 0.2) is 0 Å². The molecule has 0 aliphatic rings. The summed E-state index contributed by atoms with van der Waals surface area (Å²) in [5, 5.41) is 0. The van der Waals surface area contributed by atoms with E-state index in [-0.39, 0.29) is 5.91 Å². The van der Waals surface area contributed by atoms with Crippen LogP contribution in [0.4, 0.5) is 0 Å². The highest BCUT2D eigenvalue weighted by Gasteiger charge is 2.10. The van der Waals surface area contributed by atoms with Crippen molar-refractivity contribution in [2.75, 3.05) is 0 Å². The molecule has 0 aliphatic heterocycles. The Morgan fingerprint density at radius 3 is 2.35 bits per heavy atom. The second-order valence-electron chi connectivity index (χ2n) is 3.89. The number of aryl methyl sites for hydroxylation is 1. The van der Waals surface area contributed by atoms with Crippen molar-refractivity contribution in [3.63, 3.8) is 0 Å². The SMILES string of the molecule is Cc1ccc(-c2ccccc2C(=O)NN)cc1. The molecule has 0 aliphatic carbocycles. The summed E-state index contributed by atoms with van der Waals surface area (Å²) in [6.45, 7) is 2.03. The van der Waals surface area contributed by atoms with Crippen LogP contribution < -0.4 is 11.3 Å². The quantitative estimate of drug-likeness (QED) is 0.469. The Labute approximate surface area is 100 Å². The summed E-state index contributed by atoms with van der Waals surface area (Å²) in [5.74, 6) is 4.90. The Kier molecular flexibility index (Phi) is 3.21. The third-order valence-electron chi connectivity index (χ3n) is 2.67. The molecule has 3 nitrogen and oxygen atoms in total. The smallest absolute Gasteiger partial charge is 0.265 e. The second-order valence-corrected chi connectivity index (χ2v) is 3.89. The lowest BCUT2D eigenvalue weighted by Crippen LogP contribution is -2.30. The van der Waals surface area contributed by atoms with Gasteiger partial charge in [0.25, 0.3) is 5.91 Å². The highest BCUT2D eigenvalue weighted by Crippen LogP contribution is 2.23. The Balaban J connectivity index is 2.51. The van der Waals surface area contributed by atoms with E-state index < -0.39 is 0 Å². The lowest BCUT2D eigenvalue weighted by Gasteiger charge is -2.08. The zero-order valence-corrected chi connectivity index (χ0v) is 9.60. The number of benzene rings is 2. The van der Waals surface area contributed by atoms with E-state index >= 15 is 0 Å². The number of hydrogen-bond acceptors (Lipinski definition) is 2. The fourth-order valence-electron chi connectivity index (χ4n) is 1.74. The molecule has 3 heteroatoms. The Bertz CT molecular complexity index is 532. The molecule has 0 atom stereocenters. The van der Waals surface area contributed by atoms with Crippen LogP contribution in [0.15, 0.2) is 48.5 Å². The summed E-state index contributed by atoms with van der Waals surface area (Å²) >= 11 is 0. The summed E-state index contributed by atoms with van der Waals surface area (Å²) < 4.78 is 0. The van der Waals surface area contributed by atoms with Gasteiger partial charge in [-0.3, -0.25) is 10.2 Å². The Morgan fingerprint density at radius 2 is 1.71 bits per heavy atom. The first kappa shape index (κ1) is 11.4. The number of rotatable bonds is 2. The third-order valence-corrected chi connectivity index (χ3v) is 2.67. The maximum Gasteiger partial charge on any atom is 0.265 e. The molecule has 0 aromatic heterocycles.